The predicted molar refractivity (Wildman–Crippen MR) is 62.6 cm³/mol. The first kappa shape index (κ1) is 10.6. The van der Waals surface area contributed by atoms with E-state index in [1.807, 2.05) is 0 Å². The van der Waals surface area contributed by atoms with Crippen molar-refractivity contribution in [1.29, 1.82) is 10.7 Å². The molecule has 0 aliphatic rings. The van der Waals surface area contributed by atoms with Crippen molar-refractivity contribution in [3.8, 4) is 6.07 Å². The maximum atomic E-state index is 8.67. The van der Waals surface area contributed by atoms with E-state index in [1.165, 1.54) is 6.39 Å². The zero-order valence-corrected chi connectivity index (χ0v) is 8.64. The van der Waals surface area contributed by atoms with E-state index >= 15 is 0 Å². The average molecular weight is 228 g/mol. The van der Waals surface area contributed by atoms with Crippen molar-refractivity contribution < 1.29 is 4.42 Å². The zero-order chi connectivity index (χ0) is 12.3. The number of aromatic nitrogens is 1. The number of hydrogen-bond donors (Lipinski definition) is 3. The van der Waals surface area contributed by atoms with E-state index in [0.717, 1.165) is 0 Å². The van der Waals surface area contributed by atoms with Gasteiger partial charge in [0.05, 0.1) is 5.69 Å². The topological polar surface area (TPSA) is 124 Å². The summed E-state index contributed by atoms with van der Waals surface area (Å²) >= 11 is 0. The number of hydrazone groups is 1. The van der Waals surface area contributed by atoms with Crippen molar-refractivity contribution in [1.82, 2.24) is 4.98 Å². The number of nitrogens with zero attached hydrogens (tertiary/aromatic N) is 3. The summed E-state index contributed by atoms with van der Waals surface area (Å²) in [5.41, 5.74) is 9.37. The Morgan fingerprint density at radius 2 is 2.41 bits per heavy atom. The van der Waals surface area contributed by atoms with Gasteiger partial charge in [0.25, 0.3) is 0 Å². The van der Waals surface area contributed by atoms with Crippen LogP contribution in [0.3, 0.4) is 0 Å². The lowest BCUT2D eigenvalue weighted by molar-refractivity contribution is 0.602. The van der Waals surface area contributed by atoms with Gasteiger partial charge in [0, 0.05) is 0 Å². The van der Waals surface area contributed by atoms with Crippen LogP contribution >= 0.6 is 0 Å². The molecule has 0 aliphatic carbocycles. The number of hydrogen-bond acceptors (Lipinski definition) is 6. The molecule has 1 aromatic heterocycles. The van der Waals surface area contributed by atoms with Crippen LogP contribution in [0.25, 0.3) is 11.1 Å². The number of fused-ring (bicyclic) bond motifs is 1. The summed E-state index contributed by atoms with van der Waals surface area (Å²) in [6.07, 6.45) is 1.32. The summed E-state index contributed by atoms with van der Waals surface area (Å²) in [6, 6.07) is 6.95. The molecule has 7 nitrogen and oxygen atoms in total. The molecule has 0 unspecified atom stereocenters. The minimum absolute atomic E-state index is 0.189. The molecule has 1 aromatic carbocycles. The van der Waals surface area contributed by atoms with E-state index < -0.39 is 5.84 Å². The highest BCUT2D eigenvalue weighted by atomic mass is 16.3. The number of nitrogens with two attached hydrogens (primary N) is 1. The first-order chi connectivity index (χ1) is 8.22. The van der Waals surface area contributed by atoms with E-state index in [0.29, 0.717) is 16.8 Å². The average Bonchev–Trinajstić information content (AvgIpc) is 2.78. The molecule has 84 valence electrons. The molecule has 0 fully saturated rings. The highest BCUT2D eigenvalue weighted by molar-refractivity contribution is 6.45. The van der Waals surface area contributed by atoms with Crippen LogP contribution in [0.1, 0.15) is 0 Å². The van der Waals surface area contributed by atoms with Crippen LogP contribution in [0.4, 0.5) is 5.69 Å². The second-order valence-electron chi connectivity index (χ2n) is 3.10. The fourth-order valence-corrected chi connectivity index (χ4v) is 1.24. The Balaban J connectivity index is 2.34. The Morgan fingerprint density at radius 1 is 1.59 bits per heavy atom. The number of nitrogens with one attached hydrogen (secondary N) is 2. The Kier molecular flexibility index (Phi) is 2.70. The zero-order valence-electron chi connectivity index (χ0n) is 8.64. The van der Waals surface area contributed by atoms with Crippen LogP contribution in [0.2, 0.25) is 0 Å². The minimum atomic E-state index is -0.396. The number of amidine groups is 1. The molecule has 7 heteroatoms. The van der Waals surface area contributed by atoms with Gasteiger partial charge >= 0.3 is 0 Å². The molecule has 1 heterocycles. The summed E-state index contributed by atoms with van der Waals surface area (Å²) in [4.78, 5) is 4.00. The van der Waals surface area contributed by atoms with E-state index in [4.69, 9.17) is 20.8 Å². The molecule has 0 spiro atoms. The molecule has 0 atom stereocenters. The molecule has 0 saturated heterocycles. The molecule has 17 heavy (non-hydrogen) atoms. The molecule has 4 N–H and O–H groups in total. The Labute approximate surface area is 96.1 Å². The van der Waals surface area contributed by atoms with Crippen LogP contribution in [0.15, 0.2) is 34.1 Å². The third-order valence-electron chi connectivity index (χ3n) is 2.01. The lowest BCUT2D eigenvalue weighted by Gasteiger charge is -2.00. The third-order valence-corrected chi connectivity index (χ3v) is 2.01. The summed E-state index contributed by atoms with van der Waals surface area (Å²) in [5, 5.41) is 19.5. The molecular formula is C10H8N6O. The standard InChI is InChI=1S/C10H8N6O/c11-4-7(10(12)13)16-15-6-2-1-3-8-9(6)14-5-17-8/h1-3,5,15H,(H3,12,13)/b16-7+. The second kappa shape index (κ2) is 4.32. The number of benzene rings is 1. The van der Waals surface area contributed by atoms with Crippen molar-refractivity contribution in [2.45, 2.75) is 0 Å². The minimum Gasteiger partial charge on any atom is -0.443 e. The van der Waals surface area contributed by atoms with Crippen LogP contribution in [-0.4, -0.2) is 16.5 Å². The molecule has 0 saturated carbocycles. The van der Waals surface area contributed by atoms with Gasteiger partial charge in [0.15, 0.2) is 17.8 Å². The van der Waals surface area contributed by atoms with Gasteiger partial charge in [0.2, 0.25) is 5.71 Å². The summed E-state index contributed by atoms with van der Waals surface area (Å²) in [7, 11) is 0. The van der Waals surface area contributed by atoms with Gasteiger partial charge in [0.1, 0.15) is 11.6 Å². The largest absolute Gasteiger partial charge is 0.443 e. The van der Waals surface area contributed by atoms with E-state index in [9.17, 15) is 0 Å². The summed E-state index contributed by atoms with van der Waals surface area (Å²) in [5.74, 6) is -0.396. The van der Waals surface area contributed by atoms with Crippen LogP contribution in [-0.2, 0) is 0 Å². The maximum absolute atomic E-state index is 8.67. The summed E-state index contributed by atoms with van der Waals surface area (Å²) < 4.78 is 5.11. The SMILES string of the molecule is N#C/C(=N\Nc1cccc2ocnc12)C(=N)N. The number of para-hydroxylation sites is 1. The quantitative estimate of drug-likeness (QED) is 0.411. The van der Waals surface area contributed by atoms with Crippen molar-refractivity contribution in [2.24, 2.45) is 10.8 Å². The molecule has 0 radical (unpaired) electrons. The fraction of sp³-hybridized carbons (Fsp3) is 0. The third kappa shape index (κ3) is 2.05. The van der Waals surface area contributed by atoms with Gasteiger partial charge in [-0.15, -0.1) is 0 Å². The maximum Gasteiger partial charge on any atom is 0.201 e. The Hall–Kier alpha value is -2.88. The molecular weight excluding hydrogens is 220 g/mol. The van der Waals surface area contributed by atoms with E-state index in [1.54, 1.807) is 24.3 Å². The Morgan fingerprint density at radius 3 is 3.12 bits per heavy atom. The normalized spacial score (nSPS) is 11.1. The van der Waals surface area contributed by atoms with Crippen molar-refractivity contribution in [3.05, 3.63) is 24.6 Å². The second-order valence-corrected chi connectivity index (χ2v) is 3.10. The number of nitriles is 1. The molecule has 0 amide bonds. The van der Waals surface area contributed by atoms with Gasteiger partial charge in [-0.3, -0.25) is 10.8 Å². The van der Waals surface area contributed by atoms with Crippen LogP contribution in [0.5, 0.6) is 0 Å². The lowest BCUT2D eigenvalue weighted by atomic mass is 10.3. The molecule has 0 bridgehead atoms. The molecule has 2 aromatic rings. The van der Waals surface area contributed by atoms with Crippen molar-refractivity contribution in [3.63, 3.8) is 0 Å². The summed E-state index contributed by atoms with van der Waals surface area (Å²) in [6.45, 7) is 0. The molecule has 2 rings (SSSR count). The highest BCUT2D eigenvalue weighted by Crippen LogP contribution is 2.21. The lowest BCUT2D eigenvalue weighted by Crippen LogP contribution is -2.21. The van der Waals surface area contributed by atoms with E-state index in [-0.39, 0.29) is 5.71 Å². The monoisotopic (exact) mass is 228 g/mol. The first-order valence-corrected chi connectivity index (χ1v) is 4.63. The van der Waals surface area contributed by atoms with Crippen LogP contribution < -0.4 is 11.2 Å². The Bertz CT molecular complexity index is 636. The van der Waals surface area contributed by atoms with Gasteiger partial charge in [-0.2, -0.15) is 10.4 Å². The molecule has 0 aliphatic heterocycles. The van der Waals surface area contributed by atoms with Crippen LogP contribution in [0, 0.1) is 16.7 Å². The smallest absolute Gasteiger partial charge is 0.201 e. The number of anilines is 1. The van der Waals surface area contributed by atoms with Gasteiger partial charge in [-0.1, -0.05) is 6.07 Å². The predicted octanol–water partition coefficient (Wildman–Crippen LogP) is 1.06. The van der Waals surface area contributed by atoms with Crippen molar-refractivity contribution in [2.75, 3.05) is 5.43 Å². The highest BCUT2D eigenvalue weighted by Gasteiger charge is 2.05. The fourth-order valence-electron chi connectivity index (χ4n) is 1.24. The van der Waals surface area contributed by atoms with Gasteiger partial charge in [-0.25, -0.2) is 4.98 Å². The van der Waals surface area contributed by atoms with Gasteiger partial charge < -0.3 is 10.2 Å². The number of oxazole rings is 1. The van der Waals surface area contributed by atoms with Crippen molar-refractivity contribution >= 4 is 28.3 Å². The van der Waals surface area contributed by atoms with Gasteiger partial charge in [-0.05, 0) is 12.1 Å². The van der Waals surface area contributed by atoms with E-state index in [2.05, 4.69) is 15.5 Å². The first-order valence-electron chi connectivity index (χ1n) is 4.63. The number of rotatable bonds is 3.